The van der Waals surface area contributed by atoms with Gasteiger partial charge in [0.25, 0.3) is 0 Å². The van der Waals surface area contributed by atoms with Gasteiger partial charge in [-0.15, -0.1) is 0 Å². The van der Waals surface area contributed by atoms with Gasteiger partial charge in [-0.3, -0.25) is 0 Å². The van der Waals surface area contributed by atoms with Crippen LogP contribution in [0.15, 0.2) is 18.2 Å². The van der Waals surface area contributed by atoms with Crippen LogP contribution in [0.5, 0.6) is 0 Å². The Labute approximate surface area is 111 Å². The predicted molar refractivity (Wildman–Crippen MR) is 74.6 cm³/mol. The van der Waals surface area contributed by atoms with Crippen LogP contribution in [-0.2, 0) is 14.9 Å². The molecular weight excluding hydrogens is 315 g/mol. The third-order valence-corrected chi connectivity index (χ3v) is 3.53. The van der Waals surface area contributed by atoms with E-state index in [1.807, 2.05) is 0 Å². The van der Waals surface area contributed by atoms with Crippen LogP contribution in [-0.4, -0.2) is 14.2 Å². The Balaban J connectivity index is 3.18. The zero-order chi connectivity index (χ0) is 12.3. The lowest BCUT2D eigenvalue weighted by Gasteiger charge is -2.22. The molecule has 0 atom stereocenters. The Hall–Kier alpha value is -0.130. The van der Waals surface area contributed by atoms with Crippen LogP contribution >= 0.6 is 22.6 Å². The van der Waals surface area contributed by atoms with Crippen LogP contribution in [0, 0.1) is 3.57 Å². The number of hydrogen-bond donors (Lipinski definition) is 0. The van der Waals surface area contributed by atoms with Gasteiger partial charge in [0.2, 0.25) is 0 Å². The lowest BCUT2D eigenvalue weighted by atomic mass is 9.86. The smallest absolute Gasteiger partial charge is 0.184 e. The molecule has 0 spiro atoms. The van der Waals surface area contributed by atoms with Crippen molar-refractivity contribution in [1.82, 2.24) is 0 Å². The number of halogens is 1. The average Bonchev–Trinajstić information content (AvgIpc) is 2.20. The summed E-state index contributed by atoms with van der Waals surface area (Å²) in [4.78, 5) is 0. The van der Waals surface area contributed by atoms with Gasteiger partial charge in [0.05, 0.1) is 0 Å². The van der Waals surface area contributed by atoms with E-state index in [1.54, 1.807) is 14.2 Å². The summed E-state index contributed by atoms with van der Waals surface area (Å²) >= 11 is 2.31. The van der Waals surface area contributed by atoms with Crippen molar-refractivity contribution in [2.24, 2.45) is 0 Å². The molecule has 0 aliphatic heterocycles. The zero-order valence-electron chi connectivity index (χ0n) is 10.5. The van der Waals surface area contributed by atoms with Crippen LogP contribution in [0.2, 0.25) is 0 Å². The number of ether oxygens (including phenoxy) is 2. The van der Waals surface area contributed by atoms with Crippen molar-refractivity contribution in [1.29, 1.82) is 0 Å². The van der Waals surface area contributed by atoms with Crippen LogP contribution in [0.1, 0.15) is 38.2 Å². The second kappa shape index (κ2) is 5.47. The SMILES string of the molecule is COC(OC)c1cc(C(C)(C)C)ccc1I. The zero-order valence-corrected chi connectivity index (χ0v) is 12.7. The molecule has 0 unspecified atom stereocenters. The Morgan fingerprint density at radius 2 is 1.69 bits per heavy atom. The summed E-state index contributed by atoms with van der Waals surface area (Å²) in [5, 5.41) is 0. The summed E-state index contributed by atoms with van der Waals surface area (Å²) in [7, 11) is 3.32. The van der Waals surface area contributed by atoms with Crippen LogP contribution in [0.4, 0.5) is 0 Å². The highest BCUT2D eigenvalue weighted by atomic mass is 127. The van der Waals surface area contributed by atoms with E-state index >= 15 is 0 Å². The fourth-order valence-corrected chi connectivity index (χ4v) is 2.13. The second-order valence-corrected chi connectivity index (χ2v) is 5.95. The van der Waals surface area contributed by atoms with Crippen LogP contribution in [0.25, 0.3) is 0 Å². The van der Waals surface area contributed by atoms with Crippen molar-refractivity contribution in [3.63, 3.8) is 0 Å². The van der Waals surface area contributed by atoms with Gasteiger partial charge in [0.1, 0.15) is 0 Å². The molecule has 16 heavy (non-hydrogen) atoms. The van der Waals surface area contributed by atoms with Crippen molar-refractivity contribution in [3.8, 4) is 0 Å². The molecule has 1 rings (SSSR count). The minimum absolute atomic E-state index is 0.144. The number of hydrogen-bond acceptors (Lipinski definition) is 2. The van der Waals surface area contributed by atoms with Gasteiger partial charge in [-0.25, -0.2) is 0 Å². The predicted octanol–water partition coefficient (Wildman–Crippen LogP) is 3.88. The van der Waals surface area contributed by atoms with Crippen molar-refractivity contribution in [2.75, 3.05) is 14.2 Å². The van der Waals surface area contributed by atoms with Crippen LogP contribution in [0.3, 0.4) is 0 Å². The number of benzene rings is 1. The van der Waals surface area contributed by atoms with E-state index in [9.17, 15) is 0 Å². The highest BCUT2D eigenvalue weighted by Crippen LogP contribution is 2.29. The minimum atomic E-state index is -0.283. The van der Waals surface area contributed by atoms with Gasteiger partial charge >= 0.3 is 0 Å². The van der Waals surface area contributed by atoms with E-state index in [4.69, 9.17) is 9.47 Å². The Morgan fingerprint density at radius 1 is 1.12 bits per heavy atom. The van der Waals surface area contributed by atoms with Gasteiger partial charge in [-0.05, 0) is 45.7 Å². The quantitative estimate of drug-likeness (QED) is 0.617. The van der Waals surface area contributed by atoms with E-state index in [0.29, 0.717) is 0 Å². The van der Waals surface area contributed by atoms with Crippen molar-refractivity contribution < 1.29 is 9.47 Å². The van der Waals surface area contributed by atoms with E-state index in [-0.39, 0.29) is 11.7 Å². The third-order valence-electron chi connectivity index (χ3n) is 2.54. The summed E-state index contributed by atoms with van der Waals surface area (Å²) in [6.45, 7) is 6.61. The molecule has 0 amide bonds. The van der Waals surface area contributed by atoms with Crippen molar-refractivity contribution in [3.05, 3.63) is 32.9 Å². The molecule has 0 radical (unpaired) electrons. The van der Waals surface area contributed by atoms with Crippen LogP contribution < -0.4 is 0 Å². The Bertz CT molecular complexity index is 351. The molecule has 0 bridgehead atoms. The normalized spacial score (nSPS) is 12.2. The lowest BCUT2D eigenvalue weighted by Crippen LogP contribution is -2.13. The molecule has 2 nitrogen and oxygen atoms in total. The summed E-state index contributed by atoms with van der Waals surface area (Å²) < 4.78 is 11.8. The van der Waals surface area contributed by atoms with E-state index in [2.05, 4.69) is 61.6 Å². The largest absolute Gasteiger partial charge is 0.352 e. The van der Waals surface area contributed by atoms with Gasteiger partial charge in [0.15, 0.2) is 6.29 Å². The Kier molecular flexibility index (Phi) is 4.76. The first-order valence-corrected chi connectivity index (χ1v) is 6.33. The molecule has 0 aliphatic carbocycles. The summed E-state index contributed by atoms with van der Waals surface area (Å²) in [5.41, 5.74) is 2.53. The van der Waals surface area contributed by atoms with Gasteiger partial charge in [-0.1, -0.05) is 26.8 Å². The van der Waals surface area contributed by atoms with Crippen molar-refractivity contribution >= 4 is 22.6 Å². The molecule has 0 fully saturated rings. The third kappa shape index (κ3) is 3.18. The monoisotopic (exact) mass is 334 g/mol. The first-order valence-electron chi connectivity index (χ1n) is 5.25. The summed E-state index contributed by atoms with van der Waals surface area (Å²) in [6.07, 6.45) is -0.283. The molecule has 1 aromatic carbocycles. The van der Waals surface area contributed by atoms with Gasteiger partial charge < -0.3 is 9.47 Å². The summed E-state index contributed by atoms with van der Waals surface area (Å²) in [6, 6.07) is 6.44. The van der Waals surface area contributed by atoms with E-state index in [1.165, 1.54) is 9.13 Å². The van der Waals surface area contributed by atoms with E-state index < -0.39 is 0 Å². The van der Waals surface area contributed by atoms with E-state index in [0.717, 1.165) is 5.56 Å². The molecule has 0 N–H and O–H groups in total. The topological polar surface area (TPSA) is 18.5 Å². The molecule has 3 heteroatoms. The molecule has 0 saturated carbocycles. The molecular formula is C13H19IO2. The highest BCUT2D eigenvalue weighted by Gasteiger charge is 2.18. The van der Waals surface area contributed by atoms with Gasteiger partial charge in [0, 0.05) is 23.4 Å². The first-order chi connectivity index (χ1) is 7.40. The fraction of sp³-hybridized carbons (Fsp3) is 0.538. The molecule has 0 aliphatic rings. The minimum Gasteiger partial charge on any atom is -0.352 e. The molecule has 0 aromatic heterocycles. The summed E-state index contributed by atoms with van der Waals surface area (Å²) in [5.74, 6) is 0. The maximum Gasteiger partial charge on any atom is 0.184 e. The maximum atomic E-state index is 5.31. The number of methoxy groups -OCH3 is 2. The lowest BCUT2D eigenvalue weighted by molar-refractivity contribution is -0.106. The fourth-order valence-electron chi connectivity index (χ4n) is 1.54. The molecule has 0 saturated heterocycles. The maximum absolute atomic E-state index is 5.31. The first kappa shape index (κ1) is 13.9. The molecule has 90 valence electrons. The average molecular weight is 334 g/mol. The van der Waals surface area contributed by atoms with Crippen molar-refractivity contribution in [2.45, 2.75) is 32.5 Å². The molecule has 0 heterocycles. The Morgan fingerprint density at radius 3 is 2.12 bits per heavy atom. The molecule has 1 aromatic rings. The standard InChI is InChI=1S/C13H19IO2/c1-13(2,3)9-6-7-11(14)10(8-9)12(15-4)16-5/h6-8,12H,1-5H3. The highest BCUT2D eigenvalue weighted by molar-refractivity contribution is 14.1. The second-order valence-electron chi connectivity index (χ2n) is 4.79. The number of rotatable bonds is 3. The van der Waals surface area contributed by atoms with Gasteiger partial charge in [-0.2, -0.15) is 0 Å².